The van der Waals surface area contributed by atoms with Crippen molar-refractivity contribution in [2.75, 3.05) is 23.3 Å². The fraction of sp³-hybridized carbons (Fsp3) is 0.154. The molecule has 3 N–H and O–H groups in total. The smallest absolute Gasteiger partial charge is 0.324 e. The lowest BCUT2D eigenvalue weighted by Crippen LogP contribution is -2.43. The van der Waals surface area contributed by atoms with E-state index in [1.165, 1.54) is 0 Å². The molecule has 0 bridgehead atoms. The van der Waals surface area contributed by atoms with Gasteiger partial charge in [0.25, 0.3) is 0 Å². The molecule has 32 heavy (non-hydrogen) atoms. The highest BCUT2D eigenvalue weighted by Crippen LogP contribution is 2.32. The van der Waals surface area contributed by atoms with Crippen LogP contribution in [0.4, 0.5) is 16.2 Å². The first kappa shape index (κ1) is 19.9. The van der Waals surface area contributed by atoms with Gasteiger partial charge in [0.2, 0.25) is 0 Å². The zero-order valence-corrected chi connectivity index (χ0v) is 17.9. The number of rotatable bonds is 3. The monoisotopic (exact) mass is 423 g/mol. The van der Waals surface area contributed by atoms with Crippen molar-refractivity contribution < 1.29 is 4.79 Å². The predicted octanol–water partition coefficient (Wildman–Crippen LogP) is 4.59. The van der Waals surface area contributed by atoms with Crippen molar-refractivity contribution in [1.82, 2.24) is 10.6 Å². The number of benzene rings is 3. The summed E-state index contributed by atoms with van der Waals surface area (Å²) in [7, 11) is 0. The van der Waals surface area contributed by atoms with E-state index in [4.69, 9.17) is 4.99 Å². The van der Waals surface area contributed by atoms with Crippen LogP contribution in [0.1, 0.15) is 23.1 Å². The van der Waals surface area contributed by atoms with Crippen LogP contribution in [0.15, 0.2) is 95.5 Å². The van der Waals surface area contributed by atoms with Crippen LogP contribution in [0.3, 0.4) is 0 Å². The predicted molar refractivity (Wildman–Crippen MR) is 129 cm³/mol. The maximum absolute atomic E-state index is 12.9. The summed E-state index contributed by atoms with van der Waals surface area (Å²) < 4.78 is 0. The number of anilines is 2. The molecule has 160 valence electrons. The van der Waals surface area contributed by atoms with Gasteiger partial charge in [0, 0.05) is 29.9 Å². The van der Waals surface area contributed by atoms with Crippen LogP contribution in [0, 0.1) is 6.92 Å². The summed E-state index contributed by atoms with van der Waals surface area (Å²) >= 11 is 0. The first-order chi connectivity index (χ1) is 15.7. The fourth-order valence-corrected chi connectivity index (χ4v) is 4.13. The third-order valence-electron chi connectivity index (χ3n) is 5.57. The van der Waals surface area contributed by atoms with E-state index >= 15 is 0 Å². The molecule has 6 nitrogen and oxygen atoms in total. The molecule has 6 heteroatoms. The Kier molecular flexibility index (Phi) is 5.34. The third kappa shape index (κ3) is 3.95. The molecule has 5 rings (SSSR count). The average Bonchev–Trinajstić information content (AvgIpc) is 2.95. The number of nitrogens with one attached hydrogen (secondary N) is 3. The van der Waals surface area contributed by atoms with E-state index in [-0.39, 0.29) is 6.03 Å². The molecule has 0 spiro atoms. The average molecular weight is 424 g/mol. The van der Waals surface area contributed by atoms with Crippen molar-refractivity contribution in [1.29, 1.82) is 0 Å². The standard InChI is InChI=1S/C26H25N5O/c1-18-9-7-12-20(17-18)28-26(32)30-24-25-27-15-8-16-31(25)22-14-6-5-13-21(22)23(29-24)19-10-3-2-4-11-19/h2-7,9-14,17,27H,8,15-16H2,1H3,(H2,28,30,32). The summed E-state index contributed by atoms with van der Waals surface area (Å²) in [5, 5.41) is 9.38. The minimum absolute atomic E-state index is 0.326. The molecule has 2 aliphatic heterocycles. The molecule has 2 heterocycles. The Morgan fingerprint density at radius 3 is 2.62 bits per heavy atom. The Morgan fingerprint density at radius 2 is 1.78 bits per heavy atom. The molecule has 0 radical (unpaired) electrons. The van der Waals surface area contributed by atoms with Gasteiger partial charge in [-0.05, 0) is 37.1 Å². The van der Waals surface area contributed by atoms with Gasteiger partial charge in [-0.3, -0.25) is 5.32 Å². The number of hydrogen-bond acceptors (Lipinski definition) is 4. The highest BCUT2D eigenvalue weighted by molar-refractivity contribution is 6.17. The van der Waals surface area contributed by atoms with Crippen molar-refractivity contribution in [3.63, 3.8) is 0 Å². The van der Waals surface area contributed by atoms with Gasteiger partial charge in [0.15, 0.2) is 11.6 Å². The molecule has 2 amide bonds. The second kappa shape index (κ2) is 8.59. The van der Waals surface area contributed by atoms with Crippen LogP contribution in [-0.4, -0.2) is 24.8 Å². The molecule has 3 aromatic carbocycles. The van der Waals surface area contributed by atoms with Gasteiger partial charge in [-0.2, -0.15) is 0 Å². The van der Waals surface area contributed by atoms with Crippen molar-refractivity contribution in [3.05, 3.63) is 107 Å². The SMILES string of the molecule is Cc1cccc(NC(=O)NC2=C3NCCCN3c3ccccc3C(c3ccccc3)=N2)c1. The van der Waals surface area contributed by atoms with Gasteiger partial charge in [-0.25, -0.2) is 9.79 Å². The number of urea groups is 1. The second-order valence-corrected chi connectivity index (χ2v) is 7.92. The maximum atomic E-state index is 12.9. The van der Waals surface area contributed by atoms with E-state index in [1.807, 2.05) is 73.7 Å². The highest BCUT2D eigenvalue weighted by Gasteiger charge is 2.28. The molecule has 1 fully saturated rings. The Balaban J connectivity index is 1.57. The van der Waals surface area contributed by atoms with Gasteiger partial charge >= 0.3 is 6.03 Å². The zero-order chi connectivity index (χ0) is 21.9. The van der Waals surface area contributed by atoms with E-state index in [1.54, 1.807) is 0 Å². The van der Waals surface area contributed by atoms with Crippen molar-refractivity contribution in [3.8, 4) is 0 Å². The van der Waals surface area contributed by atoms with Crippen LogP contribution in [-0.2, 0) is 0 Å². The lowest BCUT2D eigenvalue weighted by Gasteiger charge is -2.33. The van der Waals surface area contributed by atoms with Crippen molar-refractivity contribution in [2.24, 2.45) is 4.99 Å². The summed E-state index contributed by atoms with van der Waals surface area (Å²) in [6.45, 7) is 3.67. The summed E-state index contributed by atoms with van der Waals surface area (Å²) in [6.07, 6.45) is 1.00. The molecule has 2 aliphatic rings. The summed E-state index contributed by atoms with van der Waals surface area (Å²) in [5.74, 6) is 1.32. The number of para-hydroxylation sites is 1. The van der Waals surface area contributed by atoms with E-state index in [0.29, 0.717) is 5.82 Å². The second-order valence-electron chi connectivity index (χ2n) is 7.92. The molecule has 0 saturated carbocycles. The minimum Gasteiger partial charge on any atom is -0.368 e. The third-order valence-corrected chi connectivity index (χ3v) is 5.57. The van der Waals surface area contributed by atoms with Crippen LogP contribution < -0.4 is 20.9 Å². The lowest BCUT2D eigenvalue weighted by atomic mass is 10.00. The number of amides is 2. The molecule has 0 aromatic heterocycles. The Morgan fingerprint density at radius 1 is 0.969 bits per heavy atom. The van der Waals surface area contributed by atoms with E-state index in [2.05, 4.69) is 33.0 Å². The number of carbonyl (C=O) groups excluding carboxylic acids is 1. The van der Waals surface area contributed by atoms with Crippen molar-refractivity contribution >= 4 is 23.1 Å². The number of aryl methyl sites for hydroxylation is 1. The van der Waals surface area contributed by atoms with Gasteiger partial charge in [0.1, 0.15) is 0 Å². The minimum atomic E-state index is -0.326. The van der Waals surface area contributed by atoms with Crippen molar-refractivity contribution in [2.45, 2.75) is 13.3 Å². The first-order valence-corrected chi connectivity index (χ1v) is 10.8. The molecule has 0 aliphatic carbocycles. The maximum Gasteiger partial charge on any atom is 0.324 e. The number of fused-ring (bicyclic) bond motifs is 3. The number of hydrogen-bond donors (Lipinski definition) is 3. The highest BCUT2D eigenvalue weighted by atomic mass is 16.2. The first-order valence-electron chi connectivity index (χ1n) is 10.8. The molecule has 0 atom stereocenters. The zero-order valence-electron chi connectivity index (χ0n) is 17.9. The number of aliphatic imine (C=N–C) groups is 1. The molecule has 0 unspecified atom stereocenters. The largest absolute Gasteiger partial charge is 0.368 e. The number of carbonyl (C=O) groups is 1. The molecular weight excluding hydrogens is 398 g/mol. The molecule has 1 saturated heterocycles. The summed E-state index contributed by atoms with van der Waals surface area (Å²) in [6, 6.07) is 25.7. The molecule has 3 aromatic rings. The number of nitrogens with zero attached hydrogens (tertiary/aromatic N) is 2. The van der Waals surface area contributed by atoms with Crippen LogP contribution in [0.25, 0.3) is 0 Å². The van der Waals surface area contributed by atoms with Crippen LogP contribution in [0.2, 0.25) is 0 Å². The van der Waals surface area contributed by atoms with E-state index < -0.39 is 0 Å². The van der Waals surface area contributed by atoms with Gasteiger partial charge in [0.05, 0.1) is 11.4 Å². The normalized spacial score (nSPS) is 15.0. The lowest BCUT2D eigenvalue weighted by molar-refractivity contribution is 0.254. The fourth-order valence-electron chi connectivity index (χ4n) is 4.13. The van der Waals surface area contributed by atoms with Gasteiger partial charge in [-0.1, -0.05) is 60.7 Å². The van der Waals surface area contributed by atoms with Gasteiger partial charge < -0.3 is 15.5 Å². The summed E-state index contributed by atoms with van der Waals surface area (Å²) in [5.41, 5.74) is 5.77. The summed E-state index contributed by atoms with van der Waals surface area (Å²) in [4.78, 5) is 20.1. The Labute approximate surface area is 187 Å². The Hall–Kier alpha value is -4.06. The van der Waals surface area contributed by atoms with Crippen LogP contribution in [0.5, 0.6) is 0 Å². The topological polar surface area (TPSA) is 68.8 Å². The van der Waals surface area contributed by atoms with E-state index in [0.717, 1.165) is 59.1 Å². The molecular formula is C26H25N5O. The quantitative estimate of drug-likeness (QED) is 0.577. The van der Waals surface area contributed by atoms with E-state index in [9.17, 15) is 4.79 Å². The van der Waals surface area contributed by atoms with Crippen LogP contribution >= 0.6 is 0 Å². The Bertz CT molecular complexity index is 1220. The van der Waals surface area contributed by atoms with Gasteiger partial charge in [-0.15, -0.1) is 0 Å².